The van der Waals surface area contributed by atoms with E-state index in [0.717, 1.165) is 34.7 Å². The molecule has 0 bridgehead atoms. The number of methoxy groups -OCH3 is 1. The maximum Gasteiger partial charge on any atom is 0.125 e. The van der Waals surface area contributed by atoms with E-state index in [9.17, 15) is 0 Å². The first-order chi connectivity index (χ1) is 7.94. The van der Waals surface area contributed by atoms with E-state index in [1.54, 1.807) is 7.11 Å². The largest absolute Gasteiger partial charge is 0.496 e. The Morgan fingerprint density at radius 2 is 2.00 bits per heavy atom. The molecule has 0 heterocycles. The predicted octanol–water partition coefficient (Wildman–Crippen LogP) is 3.34. The van der Waals surface area contributed by atoms with Crippen LogP contribution in [0, 0.1) is 13.8 Å². The Morgan fingerprint density at radius 1 is 1.41 bits per heavy atom. The lowest BCUT2D eigenvalue weighted by Crippen LogP contribution is -2.32. The number of hydrogen-bond donors (Lipinski definition) is 1. The molecule has 2 N–H and O–H groups in total. The van der Waals surface area contributed by atoms with Crippen LogP contribution in [0.3, 0.4) is 0 Å². The quantitative estimate of drug-likeness (QED) is 0.897. The fourth-order valence-corrected chi connectivity index (χ4v) is 3.04. The van der Waals surface area contributed by atoms with Gasteiger partial charge in [-0.3, -0.25) is 0 Å². The Hall–Kier alpha value is -0.730. The lowest BCUT2D eigenvalue weighted by molar-refractivity contribution is 0.394. The predicted molar refractivity (Wildman–Crippen MR) is 72.0 cm³/mol. The molecule has 1 saturated carbocycles. The zero-order valence-corrected chi connectivity index (χ0v) is 11.7. The molecule has 2 nitrogen and oxygen atoms in total. The third kappa shape index (κ3) is 1.84. The number of halogens is 1. The van der Waals surface area contributed by atoms with Gasteiger partial charge in [0, 0.05) is 22.0 Å². The van der Waals surface area contributed by atoms with Gasteiger partial charge in [0.15, 0.2) is 0 Å². The zero-order chi connectivity index (χ0) is 12.8. The fraction of sp³-hybridized carbons (Fsp3) is 0.571. The number of aryl methyl sites for hydroxylation is 1. The summed E-state index contributed by atoms with van der Waals surface area (Å²) in [6.45, 7) is 6.16. The summed E-state index contributed by atoms with van der Waals surface area (Å²) in [6, 6.07) is 2.10. The molecular weight excluding hydrogens is 234 g/mol. The summed E-state index contributed by atoms with van der Waals surface area (Å²) in [5.41, 5.74) is 9.66. The molecule has 1 aliphatic rings. The Balaban J connectivity index is 2.67. The molecule has 0 spiro atoms. The molecule has 0 amide bonds. The van der Waals surface area contributed by atoms with Crippen LogP contribution in [0.25, 0.3) is 0 Å². The van der Waals surface area contributed by atoms with E-state index < -0.39 is 0 Å². The second kappa shape index (κ2) is 4.18. The van der Waals surface area contributed by atoms with Crippen LogP contribution in [0.5, 0.6) is 5.75 Å². The van der Waals surface area contributed by atoms with Crippen LogP contribution in [-0.4, -0.2) is 13.2 Å². The summed E-state index contributed by atoms with van der Waals surface area (Å²) in [4.78, 5) is 0. The van der Waals surface area contributed by atoms with E-state index in [4.69, 9.17) is 22.1 Å². The monoisotopic (exact) mass is 253 g/mol. The maximum atomic E-state index is 6.29. The second-order valence-corrected chi connectivity index (χ2v) is 5.56. The molecule has 0 aliphatic heterocycles. The molecule has 0 saturated heterocycles. The van der Waals surface area contributed by atoms with Gasteiger partial charge >= 0.3 is 0 Å². The topological polar surface area (TPSA) is 35.2 Å². The lowest BCUT2D eigenvalue weighted by Gasteiger charge is -2.26. The first kappa shape index (κ1) is 12.7. The van der Waals surface area contributed by atoms with Gasteiger partial charge in [-0.1, -0.05) is 11.6 Å². The molecule has 1 aromatic rings. The molecule has 0 aromatic heterocycles. The minimum absolute atomic E-state index is 0.0745. The highest BCUT2D eigenvalue weighted by atomic mass is 35.5. The summed E-state index contributed by atoms with van der Waals surface area (Å²) >= 11 is 6.29. The molecule has 1 fully saturated rings. The first-order valence-electron chi connectivity index (χ1n) is 6.04. The molecular formula is C14H20ClNO. The molecule has 1 unspecified atom stereocenters. The van der Waals surface area contributed by atoms with Crippen LogP contribution >= 0.6 is 11.6 Å². The molecule has 1 atom stereocenters. The van der Waals surface area contributed by atoms with Gasteiger partial charge < -0.3 is 10.5 Å². The highest BCUT2D eigenvalue weighted by Gasteiger charge is 2.50. The minimum Gasteiger partial charge on any atom is -0.496 e. The first-order valence-corrected chi connectivity index (χ1v) is 6.41. The Morgan fingerprint density at radius 3 is 2.41 bits per heavy atom. The maximum absolute atomic E-state index is 6.29. The molecule has 17 heavy (non-hydrogen) atoms. The van der Waals surface area contributed by atoms with Gasteiger partial charge in [0.1, 0.15) is 5.75 Å². The molecule has 1 aliphatic carbocycles. The van der Waals surface area contributed by atoms with E-state index in [1.165, 1.54) is 5.56 Å². The van der Waals surface area contributed by atoms with Crippen LogP contribution in [0.15, 0.2) is 6.07 Å². The summed E-state index contributed by atoms with van der Waals surface area (Å²) in [7, 11) is 1.72. The lowest BCUT2D eigenvalue weighted by atomic mass is 9.84. The summed E-state index contributed by atoms with van der Waals surface area (Å²) in [5, 5.41) is 0.810. The number of nitrogens with two attached hydrogens (primary N) is 1. The van der Waals surface area contributed by atoms with Crippen molar-refractivity contribution < 1.29 is 4.74 Å². The Bertz CT molecular complexity index is 450. The highest BCUT2D eigenvalue weighted by Crippen LogP contribution is 2.55. The smallest absolute Gasteiger partial charge is 0.125 e. The molecule has 3 heteroatoms. The van der Waals surface area contributed by atoms with E-state index in [1.807, 2.05) is 13.0 Å². The average Bonchev–Trinajstić information content (AvgIpc) is 3.04. The van der Waals surface area contributed by atoms with E-state index >= 15 is 0 Å². The summed E-state index contributed by atoms with van der Waals surface area (Å²) in [5.74, 6) is 0.960. The van der Waals surface area contributed by atoms with Crippen LogP contribution in [0.1, 0.15) is 36.5 Å². The molecule has 0 radical (unpaired) electrons. The molecule has 2 rings (SSSR count). The molecule has 94 valence electrons. The standard InChI is InChI=1S/C14H20ClNO/c1-8-7-11(15)9(2)12(13(8)17-4)14(5-6-14)10(3)16/h7,10H,5-6,16H2,1-4H3. The number of ether oxygens (including phenoxy) is 1. The van der Waals surface area contributed by atoms with Crippen molar-refractivity contribution in [2.75, 3.05) is 7.11 Å². The highest BCUT2D eigenvalue weighted by molar-refractivity contribution is 6.31. The Kier molecular flexibility index (Phi) is 3.13. The van der Waals surface area contributed by atoms with E-state index in [2.05, 4.69) is 13.8 Å². The van der Waals surface area contributed by atoms with Crippen LogP contribution < -0.4 is 10.5 Å². The van der Waals surface area contributed by atoms with Gasteiger partial charge in [0.05, 0.1) is 7.11 Å². The second-order valence-electron chi connectivity index (χ2n) is 5.15. The van der Waals surface area contributed by atoms with Crippen molar-refractivity contribution in [3.63, 3.8) is 0 Å². The van der Waals surface area contributed by atoms with Crippen molar-refractivity contribution in [2.24, 2.45) is 5.73 Å². The van der Waals surface area contributed by atoms with E-state index in [0.29, 0.717) is 0 Å². The van der Waals surface area contributed by atoms with Crippen molar-refractivity contribution in [3.8, 4) is 5.75 Å². The van der Waals surface area contributed by atoms with Gasteiger partial charge in [-0.05, 0) is 50.8 Å². The number of benzene rings is 1. The third-order valence-corrected chi connectivity index (χ3v) is 4.42. The van der Waals surface area contributed by atoms with Crippen LogP contribution in [0.4, 0.5) is 0 Å². The van der Waals surface area contributed by atoms with Crippen molar-refractivity contribution >= 4 is 11.6 Å². The summed E-state index contributed by atoms with van der Waals surface area (Å²) < 4.78 is 5.57. The van der Waals surface area contributed by atoms with E-state index in [-0.39, 0.29) is 11.5 Å². The zero-order valence-electron chi connectivity index (χ0n) is 10.9. The average molecular weight is 254 g/mol. The number of rotatable bonds is 3. The van der Waals surface area contributed by atoms with Crippen LogP contribution in [0.2, 0.25) is 5.02 Å². The van der Waals surface area contributed by atoms with Crippen LogP contribution in [-0.2, 0) is 5.41 Å². The van der Waals surface area contributed by atoms with Gasteiger partial charge in [-0.15, -0.1) is 0 Å². The van der Waals surface area contributed by atoms with Gasteiger partial charge in [-0.2, -0.15) is 0 Å². The minimum atomic E-state index is 0.0745. The van der Waals surface area contributed by atoms with Gasteiger partial charge in [0.2, 0.25) is 0 Å². The van der Waals surface area contributed by atoms with Gasteiger partial charge in [-0.25, -0.2) is 0 Å². The Labute approximate surface area is 108 Å². The van der Waals surface area contributed by atoms with Crippen molar-refractivity contribution in [1.82, 2.24) is 0 Å². The molecule has 1 aromatic carbocycles. The SMILES string of the molecule is COc1c(C)cc(Cl)c(C)c1C1(C(C)N)CC1. The van der Waals surface area contributed by atoms with Crippen molar-refractivity contribution in [3.05, 3.63) is 27.8 Å². The van der Waals surface area contributed by atoms with Crippen molar-refractivity contribution in [2.45, 2.75) is 45.1 Å². The summed E-state index contributed by atoms with van der Waals surface area (Å²) in [6.07, 6.45) is 2.25. The van der Waals surface area contributed by atoms with Crippen molar-refractivity contribution in [1.29, 1.82) is 0 Å². The normalized spacial score (nSPS) is 18.9. The third-order valence-electron chi connectivity index (χ3n) is 4.02. The fourth-order valence-electron chi connectivity index (χ4n) is 2.78. The number of hydrogen-bond acceptors (Lipinski definition) is 2. The van der Waals surface area contributed by atoms with Gasteiger partial charge in [0.25, 0.3) is 0 Å².